The molecule has 100 valence electrons. The van der Waals surface area contributed by atoms with Crippen molar-refractivity contribution in [2.24, 2.45) is 0 Å². The summed E-state index contributed by atoms with van der Waals surface area (Å²) in [5, 5.41) is 10.2. The highest BCUT2D eigenvalue weighted by Gasteiger charge is 2.24. The summed E-state index contributed by atoms with van der Waals surface area (Å²) in [4.78, 5) is 0. The lowest BCUT2D eigenvalue weighted by Gasteiger charge is -2.24. The third-order valence-corrected chi connectivity index (χ3v) is 7.24. The van der Waals surface area contributed by atoms with Crippen molar-refractivity contribution in [3.05, 3.63) is 11.4 Å². The summed E-state index contributed by atoms with van der Waals surface area (Å²) in [6.45, 7) is 0. The number of thioether (sulfide) groups is 2. The van der Waals surface area contributed by atoms with Crippen LogP contribution in [-0.4, -0.2) is 23.7 Å². The van der Waals surface area contributed by atoms with Crippen LogP contribution in [-0.2, 0) is 11.5 Å². The van der Waals surface area contributed by atoms with Crippen LogP contribution >= 0.6 is 46.4 Å². The van der Waals surface area contributed by atoms with Gasteiger partial charge in [0, 0.05) is 22.0 Å². The lowest BCUT2D eigenvalue weighted by atomic mass is 10.0. The van der Waals surface area contributed by atoms with E-state index in [1.165, 1.54) is 49.9 Å². The van der Waals surface area contributed by atoms with Crippen LogP contribution in [0.5, 0.6) is 0 Å². The first-order chi connectivity index (χ1) is 8.83. The van der Waals surface area contributed by atoms with E-state index in [0.29, 0.717) is 0 Å². The maximum absolute atomic E-state index is 4.33. The van der Waals surface area contributed by atoms with Gasteiger partial charge in [-0.2, -0.15) is 26.4 Å². The van der Waals surface area contributed by atoms with Gasteiger partial charge >= 0.3 is 0 Å². The van der Waals surface area contributed by atoms with Gasteiger partial charge in [0.25, 0.3) is 0 Å². The maximum Gasteiger partial charge on any atom is 0.0976 e. The molecule has 1 aromatic rings. The molecule has 2 atom stereocenters. The first kappa shape index (κ1) is 13.5. The average molecular weight is 395 g/mol. The lowest BCUT2D eigenvalue weighted by molar-refractivity contribution is 0.522. The van der Waals surface area contributed by atoms with Crippen LogP contribution in [0.2, 0.25) is 0 Å². The normalized spacial score (nSPS) is 29.4. The highest BCUT2D eigenvalue weighted by Crippen LogP contribution is 2.37. The Morgan fingerprint density at radius 2 is 1.78 bits per heavy atom. The topological polar surface area (TPSA) is 30.7 Å². The van der Waals surface area contributed by atoms with Crippen molar-refractivity contribution in [3.63, 3.8) is 0 Å². The van der Waals surface area contributed by atoms with Crippen molar-refractivity contribution < 1.29 is 0 Å². The van der Waals surface area contributed by atoms with Gasteiger partial charge in [-0.15, -0.1) is 5.10 Å². The van der Waals surface area contributed by atoms with Gasteiger partial charge in [-0.05, 0) is 19.3 Å². The van der Waals surface area contributed by atoms with Gasteiger partial charge in [-0.25, -0.2) is 0 Å². The molecule has 2 aliphatic rings. The largest absolute Gasteiger partial charge is 0.187 e. The SMILES string of the molecule is In1nnc2c1CSC1CCCCCC(C1)SC2. The minimum atomic E-state index is 0.841. The molecule has 1 saturated carbocycles. The predicted octanol–water partition coefficient (Wildman–Crippen LogP) is 4.05. The fourth-order valence-corrected chi connectivity index (χ4v) is 6.31. The van der Waals surface area contributed by atoms with Gasteiger partial charge in [0.1, 0.15) is 0 Å². The van der Waals surface area contributed by atoms with Crippen molar-refractivity contribution >= 4 is 46.4 Å². The van der Waals surface area contributed by atoms with E-state index >= 15 is 0 Å². The fourth-order valence-electron chi connectivity index (χ4n) is 2.71. The van der Waals surface area contributed by atoms with Crippen LogP contribution in [0.15, 0.2) is 0 Å². The molecule has 0 radical (unpaired) electrons. The van der Waals surface area contributed by atoms with E-state index in [1.54, 1.807) is 0 Å². The second-order valence-electron chi connectivity index (χ2n) is 5.08. The standard InChI is InChI=1S/C12H18IN3S2/c13-16-12-8-18-10-5-3-1-2-4-9(6-10)17-7-11(12)14-15-16/h9-10H,1-8H2. The molecular formula is C12H18IN3S2. The van der Waals surface area contributed by atoms with Gasteiger partial charge in [0.15, 0.2) is 0 Å². The number of fused-ring (bicyclic) bond motifs is 3. The van der Waals surface area contributed by atoms with Crippen molar-refractivity contribution in [2.45, 2.75) is 60.5 Å². The van der Waals surface area contributed by atoms with Gasteiger partial charge in [0.2, 0.25) is 0 Å². The summed E-state index contributed by atoms with van der Waals surface area (Å²) >= 11 is 6.50. The molecule has 0 N–H and O–H groups in total. The molecule has 3 rings (SSSR count). The molecule has 0 spiro atoms. The van der Waals surface area contributed by atoms with E-state index in [1.807, 2.05) is 2.90 Å². The summed E-state index contributed by atoms with van der Waals surface area (Å²) < 4.78 is 1.94. The molecule has 18 heavy (non-hydrogen) atoms. The van der Waals surface area contributed by atoms with E-state index in [9.17, 15) is 0 Å². The molecular weight excluding hydrogens is 377 g/mol. The number of hydrogen-bond donors (Lipinski definition) is 0. The minimum Gasteiger partial charge on any atom is -0.187 e. The number of halogens is 1. The van der Waals surface area contributed by atoms with Crippen molar-refractivity contribution in [1.82, 2.24) is 13.2 Å². The Labute approximate surface area is 131 Å². The maximum atomic E-state index is 4.33. The van der Waals surface area contributed by atoms with Crippen LogP contribution in [0, 0.1) is 0 Å². The van der Waals surface area contributed by atoms with E-state index < -0.39 is 0 Å². The Kier molecular flexibility index (Phi) is 4.78. The Morgan fingerprint density at radius 1 is 1.06 bits per heavy atom. The minimum absolute atomic E-state index is 0.841. The summed E-state index contributed by atoms with van der Waals surface area (Å²) in [7, 11) is 0. The van der Waals surface area contributed by atoms with Gasteiger partial charge in [0.05, 0.1) is 34.3 Å². The molecule has 0 amide bonds. The molecule has 2 bridgehead atoms. The number of rotatable bonds is 0. The van der Waals surface area contributed by atoms with Gasteiger partial charge in [-0.3, -0.25) is 0 Å². The third-order valence-electron chi connectivity index (χ3n) is 3.79. The van der Waals surface area contributed by atoms with Crippen LogP contribution < -0.4 is 0 Å². The van der Waals surface area contributed by atoms with E-state index in [2.05, 4.69) is 56.7 Å². The van der Waals surface area contributed by atoms with Crippen LogP contribution in [0.1, 0.15) is 49.9 Å². The zero-order valence-electron chi connectivity index (χ0n) is 10.3. The van der Waals surface area contributed by atoms with E-state index in [0.717, 1.165) is 22.0 Å². The van der Waals surface area contributed by atoms with Crippen molar-refractivity contribution in [2.75, 3.05) is 0 Å². The lowest BCUT2D eigenvalue weighted by Crippen LogP contribution is -2.15. The summed E-state index contributed by atoms with van der Waals surface area (Å²) in [6, 6.07) is 0. The molecule has 3 nitrogen and oxygen atoms in total. The summed E-state index contributed by atoms with van der Waals surface area (Å²) in [6.07, 6.45) is 8.47. The fraction of sp³-hybridized carbons (Fsp3) is 0.833. The molecule has 2 heterocycles. The highest BCUT2D eigenvalue weighted by atomic mass is 127. The van der Waals surface area contributed by atoms with Crippen molar-refractivity contribution in [1.29, 1.82) is 0 Å². The van der Waals surface area contributed by atoms with E-state index in [4.69, 9.17) is 0 Å². The Hall–Kier alpha value is 0.570. The first-order valence-corrected chi connectivity index (χ1v) is 9.72. The summed E-state index contributed by atoms with van der Waals surface area (Å²) in [5.41, 5.74) is 2.55. The zero-order chi connectivity index (χ0) is 12.4. The molecule has 1 aliphatic heterocycles. The molecule has 0 saturated heterocycles. The predicted molar refractivity (Wildman–Crippen MR) is 87.3 cm³/mol. The monoisotopic (exact) mass is 395 g/mol. The quantitative estimate of drug-likeness (QED) is 0.621. The van der Waals surface area contributed by atoms with Gasteiger partial charge in [-0.1, -0.05) is 24.5 Å². The second-order valence-corrected chi connectivity index (χ2v) is 8.57. The van der Waals surface area contributed by atoms with Crippen LogP contribution in [0.3, 0.4) is 0 Å². The molecule has 1 aliphatic carbocycles. The molecule has 6 heteroatoms. The first-order valence-electron chi connectivity index (χ1n) is 6.66. The third kappa shape index (κ3) is 3.17. The number of nitrogens with zero attached hydrogens (tertiary/aromatic N) is 3. The zero-order valence-corrected chi connectivity index (χ0v) is 14.1. The molecule has 0 aromatic carbocycles. The van der Waals surface area contributed by atoms with Gasteiger partial charge < -0.3 is 0 Å². The van der Waals surface area contributed by atoms with Crippen molar-refractivity contribution in [3.8, 4) is 0 Å². The Bertz CT molecular complexity index is 410. The van der Waals surface area contributed by atoms with Crippen LogP contribution in [0.25, 0.3) is 0 Å². The van der Waals surface area contributed by atoms with Crippen LogP contribution in [0.4, 0.5) is 0 Å². The van der Waals surface area contributed by atoms with E-state index in [-0.39, 0.29) is 0 Å². The smallest absolute Gasteiger partial charge is 0.0976 e. The second kappa shape index (κ2) is 6.35. The molecule has 1 aromatic heterocycles. The highest BCUT2D eigenvalue weighted by molar-refractivity contribution is 14.1. The molecule has 2 unspecified atom stereocenters. The number of aromatic nitrogens is 3. The Balaban J connectivity index is 1.80. The number of hydrogen-bond acceptors (Lipinski definition) is 4. The molecule has 1 fully saturated rings. The Morgan fingerprint density at radius 3 is 2.56 bits per heavy atom. The average Bonchev–Trinajstić information content (AvgIpc) is 2.71. The summed E-state index contributed by atoms with van der Waals surface area (Å²) in [5.74, 6) is 2.14.